The van der Waals surface area contributed by atoms with Crippen LogP contribution in [-0.2, 0) is 19.4 Å². The Morgan fingerprint density at radius 3 is 2.57 bits per heavy atom. The highest BCUT2D eigenvalue weighted by Crippen LogP contribution is 2.24. The third-order valence-corrected chi connectivity index (χ3v) is 5.92. The number of rotatable bonds is 8. The molecule has 1 saturated heterocycles. The van der Waals surface area contributed by atoms with Crippen LogP contribution >= 0.6 is 0 Å². The first-order valence-electron chi connectivity index (χ1n) is 10.7. The van der Waals surface area contributed by atoms with Crippen LogP contribution in [0, 0.1) is 11.7 Å². The van der Waals surface area contributed by atoms with E-state index >= 15 is 0 Å². The van der Waals surface area contributed by atoms with Crippen molar-refractivity contribution in [2.24, 2.45) is 5.92 Å². The van der Waals surface area contributed by atoms with Gasteiger partial charge in [-0.25, -0.2) is 4.39 Å². The molecule has 1 aliphatic rings. The molecule has 0 bridgehead atoms. The smallest absolute Gasteiger partial charge is 0.240 e. The van der Waals surface area contributed by atoms with Gasteiger partial charge in [-0.3, -0.25) is 4.90 Å². The van der Waals surface area contributed by atoms with E-state index < -0.39 is 0 Å². The van der Waals surface area contributed by atoms with Gasteiger partial charge in [0.25, 0.3) is 0 Å². The van der Waals surface area contributed by atoms with Crippen molar-refractivity contribution in [3.63, 3.8) is 0 Å². The number of aliphatic hydroxyl groups excluding tert-OH is 1. The molecular formula is C24H28FN3O2. The number of piperidine rings is 1. The molecular weight excluding hydrogens is 381 g/mol. The van der Waals surface area contributed by atoms with E-state index in [0.717, 1.165) is 38.8 Å². The molecule has 3 aromatic rings. The quantitative estimate of drug-likeness (QED) is 0.609. The normalized spacial score (nSPS) is 16.6. The van der Waals surface area contributed by atoms with Crippen LogP contribution < -0.4 is 0 Å². The SMILES string of the molecule is O[C@H](CCc1ccccc1)C1CCN(Cc2nc(Cc3ccccc3F)no2)CC1. The highest BCUT2D eigenvalue weighted by Gasteiger charge is 2.26. The molecule has 1 aromatic heterocycles. The van der Waals surface area contributed by atoms with Gasteiger partial charge in [-0.15, -0.1) is 0 Å². The average Bonchev–Trinajstić information content (AvgIpc) is 3.22. The minimum absolute atomic E-state index is 0.253. The highest BCUT2D eigenvalue weighted by molar-refractivity contribution is 5.20. The monoisotopic (exact) mass is 409 g/mol. The lowest BCUT2D eigenvalue weighted by molar-refractivity contribution is 0.0492. The van der Waals surface area contributed by atoms with Gasteiger partial charge in [-0.05, 0) is 61.9 Å². The van der Waals surface area contributed by atoms with Crippen molar-refractivity contribution in [3.05, 3.63) is 83.3 Å². The average molecular weight is 410 g/mol. The van der Waals surface area contributed by atoms with E-state index in [1.165, 1.54) is 11.6 Å². The van der Waals surface area contributed by atoms with Gasteiger partial charge in [-0.1, -0.05) is 53.7 Å². The predicted molar refractivity (Wildman–Crippen MR) is 112 cm³/mol. The molecule has 1 atom stereocenters. The van der Waals surface area contributed by atoms with Gasteiger partial charge in [0, 0.05) is 6.42 Å². The first kappa shape index (κ1) is 20.7. The molecule has 158 valence electrons. The van der Waals surface area contributed by atoms with Crippen LogP contribution in [0.2, 0.25) is 0 Å². The van der Waals surface area contributed by atoms with Crippen molar-refractivity contribution in [3.8, 4) is 0 Å². The fraction of sp³-hybridized carbons (Fsp3) is 0.417. The lowest BCUT2D eigenvalue weighted by atomic mass is 9.88. The molecule has 30 heavy (non-hydrogen) atoms. The molecule has 0 saturated carbocycles. The number of likely N-dealkylation sites (tertiary alicyclic amines) is 1. The van der Waals surface area contributed by atoms with E-state index in [1.54, 1.807) is 18.2 Å². The molecule has 0 spiro atoms. The van der Waals surface area contributed by atoms with Gasteiger partial charge in [0.15, 0.2) is 5.82 Å². The summed E-state index contributed by atoms with van der Waals surface area (Å²) in [5.41, 5.74) is 1.84. The molecule has 0 unspecified atom stereocenters. The number of nitrogens with zero attached hydrogens (tertiary/aromatic N) is 3. The molecule has 0 aliphatic carbocycles. The summed E-state index contributed by atoms with van der Waals surface area (Å²) in [5.74, 6) is 1.15. The Bertz CT molecular complexity index is 923. The van der Waals surface area contributed by atoms with Crippen LogP contribution in [0.25, 0.3) is 0 Å². The highest BCUT2D eigenvalue weighted by atomic mass is 19.1. The number of aromatic nitrogens is 2. The van der Waals surface area contributed by atoms with E-state index in [1.807, 2.05) is 18.2 Å². The number of aryl methyl sites for hydroxylation is 1. The van der Waals surface area contributed by atoms with Crippen LogP contribution in [-0.4, -0.2) is 39.3 Å². The number of aliphatic hydroxyl groups is 1. The standard InChI is InChI=1S/C24H28FN3O2/c25-21-9-5-4-8-20(21)16-23-26-24(30-27-23)17-28-14-12-19(13-15-28)22(29)11-10-18-6-2-1-3-7-18/h1-9,19,22,29H,10-17H2/t22-/m1/s1. The summed E-state index contributed by atoms with van der Waals surface area (Å²) in [4.78, 5) is 6.70. The molecule has 1 fully saturated rings. The lowest BCUT2D eigenvalue weighted by Gasteiger charge is -2.33. The summed E-state index contributed by atoms with van der Waals surface area (Å²) >= 11 is 0. The van der Waals surface area contributed by atoms with Gasteiger partial charge in [0.2, 0.25) is 5.89 Å². The molecule has 4 rings (SSSR count). The second-order valence-corrected chi connectivity index (χ2v) is 8.08. The van der Waals surface area contributed by atoms with Crippen molar-refractivity contribution in [1.82, 2.24) is 15.0 Å². The van der Waals surface area contributed by atoms with Crippen molar-refractivity contribution in [2.75, 3.05) is 13.1 Å². The Morgan fingerprint density at radius 1 is 1.07 bits per heavy atom. The Kier molecular flexibility index (Phi) is 6.87. The van der Waals surface area contributed by atoms with E-state index in [2.05, 4.69) is 27.2 Å². The maximum absolute atomic E-state index is 13.8. The number of hydrogen-bond donors (Lipinski definition) is 1. The lowest BCUT2D eigenvalue weighted by Crippen LogP contribution is -2.37. The van der Waals surface area contributed by atoms with Crippen LogP contribution in [0.4, 0.5) is 4.39 Å². The minimum atomic E-state index is -0.261. The Hall–Kier alpha value is -2.57. The van der Waals surface area contributed by atoms with Gasteiger partial charge >= 0.3 is 0 Å². The maximum atomic E-state index is 13.8. The number of halogens is 1. The van der Waals surface area contributed by atoms with Crippen LogP contribution in [0.3, 0.4) is 0 Å². The summed E-state index contributed by atoms with van der Waals surface area (Å²) in [6.45, 7) is 2.40. The van der Waals surface area contributed by atoms with Crippen LogP contribution in [0.15, 0.2) is 59.1 Å². The van der Waals surface area contributed by atoms with E-state index in [9.17, 15) is 9.50 Å². The van der Waals surface area contributed by atoms with Gasteiger partial charge < -0.3 is 9.63 Å². The Labute approximate surface area is 176 Å². The van der Waals surface area contributed by atoms with Crippen molar-refractivity contribution in [2.45, 2.75) is 44.8 Å². The van der Waals surface area contributed by atoms with Gasteiger partial charge in [-0.2, -0.15) is 4.98 Å². The Morgan fingerprint density at radius 2 is 1.80 bits per heavy atom. The molecule has 5 nitrogen and oxygen atoms in total. The van der Waals surface area contributed by atoms with Crippen molar-refractivity contribution in [1.29, 1.82) is 0 Å². The maximum Gasteiger partial charge on any atom is 0.240 e. The zero-order valence-electron chi connectivity index (χ0n) is 17.1. The largest absolute Gasteiger partial charge is 0.393 e. The molecule has 1 N–H and O–H groups in total. The zero-order valence-corrected chi connectivity index (χ0v) is 17.1. The molecule has 2 aromatic carbocycles. The van der Waals surface area contributed by atoms with E-state index in [0.29, 0.717) is 36.2 Å². The summed E-state index contributed by atoms with van der Waals surface area (Å²) in [6.07, 6.45) is 3.71. The first-order valence-corrected chi connectivity index (χ1v) is 10.7. The number of benzene rings is 2. The van der Waals surface area contributed by atoms with Crippen LogP contribution in [0.5, 0.6) is 0 Å². The first-order chi connectivity index (χ1) is 14.7. The van der Waals surface area contributed by atoms with E-state index in [-0.39, 0.29) is 11.9 Å². The van der Waals surface area contributed by atoms with Crippen molar-refractivity contribution >= 4 is 0 Å². The molecule has 1 aliphatic heterocycles. The third-order valence-electron chi connectivity index (χ3n) is 5.92. The molecule has 2 heterocycles. The molecule has 0 radical (unpaired) electrons. The van der Waals surface area contributed by atoms with Gasteiger partial charge in [0.05, 0.1) is 12.6 Å². The van der Waals surface area contributed by atoms with E-state index in [4.69, 9.17) is 4.52 Å². The van der Waals surface area contributed by atoms with Crippen LogP contribution in [0.1, 0.15) is 42.1 Å². The summed E-state index contributed by atoms with van der Waals surface area (Å²) in [6, 6.07) is 17.0. The fourth-order valence-electron chi connectivity index (χ4n) is 4.12. The topological polar surface area (TPSA) is 62.4 Å². The molecule has 6 heteroatoms. The fourth-order valence-corrected chi connectivity index (χ4v) is 4.12. The second-order valence-electron chi connectivity index (χ2n) is 8.08. The summed E-state index contributed by atoms with van der Waals surface area (Å²) < 4.78 is 19.2. The third kappa shape index (κ3) is 5.52. The van der Waals surface area contributed by atoms with Gasteiger partial charge in [0.1, 0.15) is 5.82 Å². The van der Waals surface area contributed by atoms with Crippen molar-refractivity contribution < 1.29 is 14.0 Å². The molecule has 0 amide bonds. The second kappa shape index (κ2) is 9.96. The summed E-state index contributed by atoms with van der Waals surface area (Å²) in [5, 5.41) is 14.6. The minimum Gasteiger partial charge on any atom is -0.393 e. The Balaban J connectivity index is 1.22. The zero-order chi connectivity index (χ0) is 20.8. The summed E-state index contributed by atoms with van der Waals surface area (Å²) in [7, 11) is 0. The number of hydrogen-bond acceptors (Lipinski definition) is 5. The predicted octanol–water partition coefficient (Wildman–Crippen LogP) is 4.01.